The second-order valence-electron chi connectivity index (χ2n) is 5.18. The third-order valence-electron chi connectivity index (χ3n) is 3.21. The first-order valence-corrected chi connectivity index (χ1v) is 7.62. The van der Waals surface area contributed by atoms with Crippen LogP contribution in [0.15, 0.2) is 41.8 Å². The Balaban J connectivity index is 2.25. The summed E-state index contributed by atoms with van der Waals surface area (Å²) in [7, 11) is 0. The number of amides is 1. The average Bonchev–Trinajstić information content (AvgIpc) is 2.90. The molecule has 1 atom stereocenters. The van der Waals surface area contributed by atoms with E-state index in [0.29, 0.717) is 5.92 Å². The Morgan fingerprint density at radius 3 is 2.60 bits per heavy atom. The lowest BCUT2D eigenvalue weighted by molar-refractivity contribution is -0.117. The van der Waals surface area contributed by atoms with Gasteiger partial charge in [-0.1, -0.05) is 38.1 Å². The molecular formula is C16H20N2OS. The van der Waals surface area contributed by atoms with Crippen LogP contribution in [0.5, 0.6) is 0 Å². The molecule has 1 unspecified atom stereocenters. The molecule has 2 aromatic rings. The van der Waals surface area contributed by atoms with Gasteiger partial charge in [0.1, 0.15) is 0 Å². The first kappa shape index (κ1) is 14.6. The third-order valence-corrected chi connectivity index (χ3v) is 4.16. The van der Waals surface area contributed by atoms with Crippen molar-refractivity contribution in [1.82, 2.24) is 0 Å². The summed E-state index contributed by atoms with van der Waals surface area (Å²) in [5, 5.41) is 5.64. The number of carbonyl (C=O) groups excluding carboxylic acids is 1. The zero-order chi connectivity index (χ0) is 14.5. The van der Waals surface area contributed by atoms with Crippen molar-refractivity contribution in [3.63, 3.8) is 0 Å². The van der Waals surface area contributed by atoms with E-state index in [0.717, 1.165) is 11.3 Å². The molecule has 1 aromatic heterocycles. The summed E-state index contributed by atoms with van der Waals surface area (Å²) in [6.07, 6.45) is 0.262. The molecule has 3 N–H and O–H groups in total. The van der Waals surface area contributed by atoms with E-state index in [4.69, 9.17) is 5.73 Å². The number of para-hydroxylation sites is 1. The van der Waals surface area contributed by atoms with Gasteiger partial charge in [-0.05, 0) is 29.0 Å². The molecule has 1 heterocycles. The highest BCUT2D eigenvalue weighted by Gasteiger charge is 2.18. The maximum Gasteiger partial charge on any atom is 0.221 e. The number of nitrogens with two attached hydrogens (primary N) is 1. The van der Waals surface area contributed by atoms with Gasteiger partial charge in [-0.3, -0.25) is 4.79 Å². The van der Waals surface area contributed by atoms with Gasteiger partial charge >= 0.3 is 0 Å². The summed E-state index contributed by atoms with van der Waals surface area (Å²) in [6, 6.07) is 12.3. The van der Waals surface area contributed by atoms with E-state index in [9.17, 15) is 4.79 Å². The van der Waals surface area contributed by atoms with E-state index in [-0.39, 0.29) is 18.4 Å². The highest BCUT2D eigenvalue weighted by Crippen LogP contribution is 2.31. The zero-order valence-electron chi connectivity index (χ0n) is 11.8. The number of nitrogens with one attached hydrogen (secondary N) is 1. The minimum atomic E-state index is -0.309. The normalized spacial score (nSPS) is 12.3. The molecule has 0 saturated heterocycles. The SMILES string of the molecule is CC(C)C(Nc1ccccc1CC(N)=O)c1cccs1. The van der Waals surface area contributed by atoms with Gasteiger partial charge in [-0.2, -0.15) is 0 Å². The van der Waals surface area contributed by atoms with Crippen molar-refractivity contribution in [2.75, 3.05) is 5.32 Å². The van der Waals surface area contributed by atoms with Gasteiger partial charge in [0.15, 0.2) is 0 Å². The van der Waals surface area contributed by atoms with Gasteiger partial charge in [-0.25, -0.2) is 0 Å². The van der Waals surface area contributed by atoms with E-state index in [1.54, 1.807) is 11.3 Å². The Morgan fingerprint density at radius 2 is 2.00 bits per heavy atom. The van der Waals surface area contributed by atoms with Crippen molar-refractivity contribution in [3.05, 3.63) is 52.2 Å². The molecule has 0 spiro atoms. The Bertz CT molecular complexity index is 564. The Labute approximate surface area is 123 Å². The highest BCUT2D eigenvalue weighted by atomic mass is 32.1. The van der Waals surface area contributed by atoms with Crippen LogP contribution in [-0.4, -0.2) is 5.91 Å². The van der Waals surface area contributed by atoms with E-state index in [1.807, 2.05) is 24.3 Å². The van der Waals surface area contributed by atoms with Gasteiger partial charge < -0.3 is 11.1 Å². The van der Waals surface area contributed by atoms with Crippen molar-refractivity contribution in [2.45, 2.75) is 26.3 Å². The molecule has 0 saturated carbocycles. The lowest BCUT2D eigenvalue weighted by Gasteiger charge is -2.24. The molecule has 1 amide bonds. The molecule has 0 radical (unpaired) electrons. The summed E-state index contributed by atoms with van der Waals surface area (Å²) < 4.78 is 0. The molecule has 2 rings (SSSR count). The van der Waals surface area contributed by atoms with Crippen LogP contribution in [0.3, 0.4) is 0 Å². The third kappa shape index (κ3) is 3.61. The molecular weight excluding hydrogens is 268 g/mol. The Hall–Kier alpha value is -1.81. The zero-order valence-corrected chi connectivity index (χ0v) is 12.6. The summed E-state index contributed by atoms with van der Waals surface area (Å²) in [5.74, 6) is 0.145. The van der Waals surface area contributed by atoms with Crippen molar-refractivity contribution in [2.24, 2.45) is 11.7 Å². The van der Waals surface area contributed by atoms with Crippen LogP contribution in [0.4, 0.5) is 5.69 Å². The summed E-state index contributed by atoms with van der Waals surface area (Å²) in [4.78, 5) is 12.5. The number of anilines is 1. The molecule has 3 nitrogen and oxygen atoms in total. The first-order valence-electron chi connectivity index (χ1n) is 6.74. The summed E-state index contributed by atoms with van der Waals surface area (Å²) in [5.41, 5.74) is 7.25. The Morgan fingerprint density at radius 1 is 1.25 bits per heavy atom. The number of primary amides is 1. The van der Waals surface area contributed by atoms with Crippen molar-refractivity contribution >= 4 is 22.9 Å². The fraction of sp³-hybridized carbons (Fsp3) is 0.312. The monoisotopic (exact) mass is 288 g/mol. The number of benzene rings is 1. The number of thiophene rings is 1. The molecule has 1 aromatic carbocycles. The van der Waals surface area contributed by atoms with Crippen LogP contribution in [0.25, 0.3) is 0 Å². The van der Waals surface area contributed by atoms with Crippen LogP contribution in [0.2, 0.25) is 0 Å². The summed E-state index contributed by atoms with van der Waals surface area (Å²) >= 11 is 1.74. The molecule has 0 bridgehead atoms. The highest BCUT2D eigenvalue weighted by molar-refractivity contribution is 7.10. The van der Waals surface area contributed by atoms with Crippen molar-refractivity contribution in [1.29, 1.82) is 0 Å². The van der Waals surface area contributed by atoms with E-state index < -0.39 is 0 Å². The molecule has 4 heteroatoms. The van der Waals surface area contributed by atoms with Crippen molar-refractivity contribution in [3.8, 4) is 0 Å². The molecule has 20 heavy (non-hydrogen) atoms. The van der Waals surface area contributed by atoms with Gasteiger partial charge in [0, 0.05) is 10.6 Å². The maximum absolute atomic E-state index is 11.2. The lowest BCUT2D eigenvalue weighted by Crippen LogP contribution is -2.19. The number of hydrogen-bond donors (Lipinski definition) is 2. The minimum absolute atomic E-state index is 0.240. The van der Waals surface area contributed by atoms with Gasteiger partial charge in [0.25, 0.3) is 0 Å². The van der Waals surface area contributed by atoms with Crippen LogP contribution in [-0.2, 0) is 11.2 Å². The molecule has 0 aliphatic rings. The van der Waals surface area contributed by atoms with Crippen LogP contribution >= 0.6 is 11.3 Å². The second kappa shape index (κ2) is 6.57. The molecule has 0 aliphatic carbocycles. The second-order valence-corrected chi connectivity index (χ2v) is 6.16. The van der Waals surface area contributed by atoms with E-state index in [1.165, 1.54) is 4.88 Å². The van der Waals surface area contributed by atoms with Crippen molar-refractivity contribution < 1.29 is 4.79 Å². The lowest BCUT2D eigenvalue weighted by atomic mass is 10.0. The number of rotatable bonds is 6. The molecule has 0 aliphatic heterocycles. The van der Waals surface area contributed by atoms with Gasteiger partial charge in [-0.15, -0.1) is 11.3 Å². The smallest absolute Gasteiger partial charge is 0.221 e. The largest absolute Gasteiger partial charge is 0.377 e. The van der Waals surface area contributed by atoms with E-state index in [2.05, 4.69) is 36.7 Å². The van der Waals surface area contributed by atoms with Crippen LogP contribution < -0.4 is 11.1 Å². The first-order chi connectivity index (χ1) is 9.58. The summed E-state index contributed by atoms with van der Waals surface area (Å²) in [6.45, 7) is 4.38. The molecule has 106 valence electrons. The average molecular weight is 288 g/mol. The number of hydrogen-bond acceptors (Lipinski definition) is 3. The fourth-order valence-electron chi connectivity index (χ4n) is 2.21. The van der Waals surface area contributed by atoms with Gasteiger partial charge in [0.2, 0.25) is 5.91 Å². The predicted octanol–water partition coefficient (Wildman–Crippen LogP) is 3.59. The quantitative estimate of drug-likeness (QED) is 0.853. The topological polar surface area (TPSA) is 55.1 Å². The predicted molar refractivity (Wildman–Crippen MR) is 84.9 cm³/mol. The Kier molecular flexibility index (Phi) is 4.79. The fourth-order valence-corrected chi connectivity index (χ4v) is 3.15. The van der Waals surface area contributed by atoms with Gasteiger partial charge in [0.05, 0.1) is 12.5 Å². The van der Waals surface area contributed by atoms with E-state index >= 15 is 0 Å². The minimum Gasteiger partial charge on any atom is -0.377 e. The van der Waals surface area contributed by atoms with Crippen LogP contribution in [0.1, 0.15) is 30.3 Å². The number of carbonyl (C=O) groups is 1. The van der Waals surface area contributed by atoms with Crippen LogP contribution in [0, 0.1) is 5.92 Å². The standard InChI is InChI=1S/C16H20N2OS/c1-11(2)16(14-8-5-9-20-14)18-13-7-4-3-6-12(13)10-15(17)19/h3-9,11,16,18H,10H2,1-2H3,(H2,17,19). The maximum atomic E-state index is 11.2. The molecule has 0 fully saturated rings.